The molecule has 1 unspecified atom stereocenters. The Bertz CT molecular complexity index is 2480. The first kappa shape index (κ1) is 43.7. The molecular weight excluding hydrogens is 831 g/mol. The number of hydrazone groups is 1. The Labute approximate surface area is 357 Å². The first-order valence-corrected chi connectivity index (χ1v) is 19.9. The van der Waals surface area contributed by atoms with Crippen LogP contribution < -0.4 is 15.1 Å². The normalized spacial score (nSPS) is 27.3. The van der Waals surface area contributed by atoms with Crippen LogP contribution in [0.15, 0.2) is 53.7 Å². The van der Waals surface area contributed by atoms with Crippen LogP contribution >= 0.6 is 0 Å². The summed E-state index contributed by atoms with van der Waals surface area (Å²) in [5, 5.41) is 62.5. The number of methoxy groups -OCH3 is 2. The third-order valence-electron chi connectivity index (χ3n) is 12.1. The number of carbonyl (C=O) groups is 5. The molecule has 3 aliphatic heterocycles. The number of ether oxygens (including phenoxy) is 5. The van der Waals surface area contributed by atoms with Crippen molar-refractivity contribution in [2.24, 2.45) is 5.10 Å². The molecule has 2 aliphatic carbocycles. The van der Waals surface area contributed by atoms with E-state index in [0.29, 0.717) is 24.6 Å². The molecule has 3 aromatic rings. The minimum absolute atomic E-state index is 0.0260. The molecule has 19 nitrogen and oxygen atoms in total. The second-order valence-corrected chi connectivity index (χ2v) is 15.7. The van der Waals surface area contributed by atoms with Crippen molar-refractivity contribution in [2.75, 3.05) is 45.4 Å². The van der Waals surface area contributed by atoms with Gasteiger partial charge >= 0.3 is 0 Å². The smallest absolute Gasteiger partial charge is 0.274 e. The number of hydrogen-bond donors (Lipinski definition) is 6. The van der Waals surface area contributed by atoms with E-state index in [1.165, 1.54) is 32.4 Å². The second-order valence-electron chi connectivity index (χ2n) is 15.7. The van der Waals surface area contributed by atoms with Crippen molar-refractivity contribution in [1.29, 1.82) is 0 Å². The van der Waals surface area contributed by atoms with Gasteiger partial charge in [-0.25, -0.2) is 14.7 Å². The first-order chi connectivity index (χ1) is 30.1. The largest absolute Gasteiger partial charge is 0.507 e. The number of anilines is 1. The van der Waals surface area contributed by atoms with Gasteiger partial charge in [0.2, 0.25) is 5.78 Å². The van der Waals surface area contributed by atoms with E-state index in [-0.39, 0.29) is 40.1 Å². The van der Waals surface area contributed by atoms with Crippen LogP contribution in [0.2, 0.25) is 0 Å². The van der Waals surface area contributed by atoms with Crippen LogP contribution in [0.5, 0.6) is 17.2 Å². The number of nitrogens with one attached hydrogen (secondary N) is 1. The fraction of sp³-hybridized carbons (Fsp3) is 0.395. The number of phenolic OH excluding ortho intramolecular Hbond substituents is 2. The number of aliphatic hydroxyl groups is 3. The molecule has 6 N–H and O–H groups in total. The Hall–Kier alpha value is -5.97. The van der Waals surface area contributed by atoms with E-state index in [2.05, 4.69) is 10.5 Å². The summed E-state index contributed by atoms with van der Waals surface area (Å²) < 4.78 is 44.0. The number of halogens is 1. The lowest BCUT2D eigenvalue weighted by atomic mass is 9.71. The van der Waals surface area contributed by atoms with Crippen molar-refractivity contribution in [2.45, 2.75) is 68.7 Å². The van der Waals surface area contributed by atoms with Crippen LogP contribution in [-0.4, -0.2) is 142 Å². The average Bonchev–Trinajstić information content (AvgIpc) is 3.61. The van der Waals surface area contributed by atoms with E-state index in [1.54, 1.807) is 6.92 Å². The third kappa shape index (κ3) is 7.57. The number of phenols is 2. The molecule has 63 heavy (non-hydrogen) atoms. The van der Waals surface area contributed by atoms with Crippen LogP contribution in [0.25, 0.3) is 0 Å². The van der Waals surface area contributed by atoms with Crippen molar-refractivity contribution in [3.63, 3.8) is 0 Å². The van der Waals surface area contributed by atoms with Crippen molar-refractivity contribution in [3.8, 4) is 17.2 Å². The van der Waals surface area contributed by atoms with Gasteiger partial charge in [-0.3, -0.25) is 28.9 Å². The summed E-state index contributed by atoms with van der Waals surface area (Å²) in [6.45, 7) is 1.60. The van der Waals surface area contributed by atoms with Gasteiger partial charge in [0.25, 0.3) is 17.7 Å². The highest BCUT2D eigenvalue weighted by atomic mass is 19.1. The molecule has 3 aromatic carbocycles. The Morgan fingerprint density at radius 1 is 1.02 bits per heavy atom. The number of amides is 3. The average molecular weight is 875 g/mol. The lowest BCUT2D eigenvalue weighted by Crippen LogP contribution is -2.59. The molecule has 20 heteroatoms. The van der Waals surface area contributed by atoms with Gasteiger partial charge < -0.3 is 49.2 Å². The number of ketones is 2. The number of fused-ring (bicyclic) bond motifs is 3. The van der Waals surface area contributed by atoms with Gasteiger partial charge in [-0.15, -0.1) is 0 Å². The molecule has 0 bridgehead atoms. The third-order valence-corrected chi connectivity index (χ3v) is 12.1. The van der Waals surface area contributed by atoms with Crippen LogP contribution in [0.1, 0.15) is 79.2 Å². The maximum atomic E-state index is 15.0. The Balaban J connectivity index is 1.18. The number of carbonyl (C=O) groups excluding carboxylic acids is 5. The van der Waals surface area contributed by atoms with E-state index in [0.717, 1.165) is 30.4 Å². The predicted octanol–water partition coefficient (Wildman–Crippen LogP) is 1.13. The summed E-state index contributed by atoms with van der Waals surface area (Å²) in [7, 11) is 2.79. The predicted molar refractivity (Wildman–Crippen MR) is 214 cm³/mol. The zero-order chi connectivity index (χ0) is 45.1. The maximum Gasteiger partial charge on any atom is 0.274 e. The molecule has 0 radical (unpaired) electrons. The topological polar surface area (TPSA) is 264 Å². The Morgan fingerprint density at radius 3 is 2.44 bits per heavy atom. The Kier molecular flexibility index (Phi) is 11.8. The lowest BCUT2D eigenvalue weighted by molar-refractivity contribution is -0.265. The summed E-state index contributed by atoms with van der Waals surface area (Å²) in [4.78, 5) is 68.9. The van der Waals surface area contributed by atoms with Crippen LogP contribution in [0, 0.1) is 5.82 Å². The molecule has 332 valence electrons. The number of aromatic hydroxyl groups is 2. The molecule has 8 rings (SSSR count). The first-order valence-electron chi connectivity index (χ1n) is 19.9. The zero-order valence-corrected chi connectivity index (χ0v) is 34.1. The van der Waals surface area contributed by atoms with Gasteiger partial charge in [0.15, 0.2) is 18.4 Å². The van der Waals surface area contributed by atoms with Crippen LogP contribution in [-0.2, 0) is 35.0 Å². The van der Waals surface area contributed by atoms with Gasteiger partial charge in [-0.2, -0.15) is 5.10 Å². The van der Waals surface area contributed by atoms with E-state index >= 15 is 4.39 Å². The van der Waals surface area contributed by atoms with Crippen LogP contribution in [0.4, 0.5) is 10.1 Å². The molecule has 7 atom stereocenters. The van der Waals surface area contributed by atoms with Gasteiger partial charge in [-0.05, 0) is 31.2 Å². The summed E-state index contributed by atoms with van der Waals surface area (Å²) in [6.07, 6.45) is -4.32. The van der Waals surface area contributed by atoms with Crippen LogP contribution in [0.3, 0.4) is 0 Å². The van der Waals surface area contributed by atoms with Crippen molar-refractivity contribution in [1.82, 2.24) is 10.3 Å². The molecule has 3 heterocycles. The standard InChI is InChI=1S/C43H43FN4O15/c1-19-37(52)25(47-11-12-61-32(17-47)60-3)14-31(62-19)63-27-16-43(58,28(18-49)45-46-42(57)22-13-20(7-8-24(22)44)48-29(50)9-10-30(48)51)15-23-34(27)41(56)36-35(39(23)54)38(53)21-5-4-6-26(59-2)33(21)40(36)55/h4-10,13,19,25,27,31-32,37,49,52,54,56,58H,11-12,14-18H2,1-3H3,(H,46,57)/b45-28+/t19-,25?,27-,31-,32-,37+,43-/m0/s1. The zero-order valence-electron chi connectivity index (χ0n) is 34.1. The molecule has 3 amide bonds. The fourth-order valence-electron chi connectivity index (χ4n) is 8.94. The minimum atomic E-state index is -2.36. The molecule has 0 saturated carbocycles. The summed E-state index contributed by atoms with van der Waals surface area (Å²) in [5.41, 5.74) is -3.45. The molecule has 2 fully saturated rings. The molecule has 0 spiro atoms. The fourth-order valence-corrected chi connectivity index (χ4v) is 8.94. The highest BCUT2D eigenvalue weighted by molar-refractivity contribution is 6.31. The number of hydrogen-bond acceptors (Lipinski definition) is 17. The number of imide groups is 1. The van der Waals surface area contributed by atoms with Gasteiger partial charge in [0.1, 0.15) is 28.7 Å². The number of morpholine rings is 1. The van der Waals surface area contributed by atoms with E-state index < -0.39 is 131 Å². The van der Waals surface area contributed by atoms with Crippen molar-refractivity contribution < 1.29 is 77.6 Å². The van der Waals surface area contributed by atoms with Crippen molar-refractivity contribution in [3.05, 3.63) is 93.3 Å². The monoisotopic (exact) mass is 874 g/mol. The SMILES string of the molecule is COc1cccc2c1C(=O)c1c(O)c3c(c(O)c1C2=O)C[C@@](O)(/C(CO)=N/NC(=O)c1cc(N2C(=O)C=CC2=O)ccc1F)C[C@@H]3O[C@H]1CC(N2CCO[C@H](OC)C2)[C@H](O)[C@H](C)O1. The van der Waals surface area contributed by atoms with E-state index in [9.17, 15) is 49.5 Å². The van der Waals surface area contributed by atoms with Gasteiger partial charge in [0, 0.05) is 74.3 Å². The highest BCUT2D eigenvalue weighted by Crippen LogP contribution is 2.53. The van der Waals surface area contributed by atoms with E-state index in [1.807, 2.05) is 4.90 Å². The summed E-state index contributed by atoms with van der Waals surface area (Å²) >= 11 is 0. The number of benzene rings is 3. The lowest BCUT2D eigenvalue weighted by Gasteiger charge is -2.47. The maximum absolute atomic E-state index is 15.0. The van der Waals surface area contributed by atoms with Crippen molar-refractivity contribution >= 4 is 40.7 Å². The number of aliphatic hydroxyl groups excluding tert-OH is 2. The Morgan fingerprint density at radius 2 is 1.75 bits per heavy atom. The summed E-state index contributed by atoms with van der Waals surface area (Å²) in [6, 6.07) is 6.62. The molecule has 0 aromatic heterocycles. The summed E-state index contributed by atoms with van der Waals surface area (Å²) in [5.74, 6) is -6.90. The highest BCUT2D eigenvalue weighted by Gasteiger charge is 2.50. The van der Waals surface area contributed by atoms with Gasteiger partial charge in [-0.1, -0.05) is 12.1 Å². The molecule has 2 saturated heterocycles. The molecular formula is C43H43FN4O15. The number of rotatable bonds is 10. The molecule has 5 aliphatic rings. The van der Waals surface area contributed by atoms with E-state index in [4.69, 9.17) is 23.7 Å². The minimum Gasteiger partial charge on any atom is -0.507 e. The van der Waals surface area contributed by atoms with Gasteiger partial charge in [0.05, 0.1) is 72.3 Å². The number of nitrogens with zero attached hydrogens (tertiary/aromatic N) is 3. The second kappa shape index (κ2) is 17.0. The quantitative estimate of drug-likeness (QED) is 0.0565.